The molecule has 0 bridgehead atoms. The maximum Gasteiger partial charge on any atom is 0.237 e. The number of benzene rings is 1. The van der Waals surface area contributed by atoms with Crippen molar-refractivity contribution in [3.05, 3.63) is 29.8 Å². The molecule has 1 N–H and O–H groups in total. The van der Waals surface area contributed by atoms with Crippen LogP contribution < -0.4 is 4.74 Å². The van der Waals surface area contributed by atoms with E-state index in [0.29, 0.717) is 12.5 Å². The highest BCUT2D eigenvalue weighted by molar-refractivity contribution is 5.79. The molecule has 2 aliphatic rings. The highest BCUT2D eigenvalue weighted by Gasteiger charge is 2.31. The lowest BCUT2D eigenvalue weighted by Crippen LogP contribution is -2.43. The summed E-state index contributed by atoms with van der Waals surface area (Å²) in [6, 6.07) is 8.27. The summed E-state index contributed by atoms with van der Waals surface area (Å²) in [4.78, 5) is 17.1. The number of ether oxygens (including phenoxy) is 1. The zero-order valence-corrected chi connectivity index (χ0v) is 14.5. The molecule has 24 heavy (non-hydrogen) atoms. The van der Waals surface area contributed by atoms with E-state index in [0.717, 1.165) is 51.1 Å². The molecule has 2 aliphatic heterocycles. The maximum atomic E-state index is 12.8. The Kier molecular flexibility index (Phi) is 5.74. The average molecular weight is 332 g/mol. The van der Waals surface area contributed by atoms with E-state index in [1.54, 1.807) is 7.11 Å². The van der Waals surface area contributed by atoms with Crippen LogP contribution in [0, 0.1) is 5.92 Å². The summed E-state index contributed by atoms with van der Waals surface area (Å²) in [6.07, 6.45) is 4.08. The fraction of sp³-hybridized carbons (Fsp3) is 0.632. The molecular weight excluding hydrogens is 304 g/mol. The van der Waals surface area contributed by atoms with Crippen molar-refractivity contribution in [2.45, 2.75) is 31.7 Å². The third kappa shape index (κ3) is 3.90. The SMILES string of the molecule is COc1ccc(C2CCCN2C(=O)CN2CCC(CO)CC2)cc1. The van der Waals surface area contributed by atoms with Gasteiger partial charge in [-0.2, -0.15) is 0 Å². The predicted octanol–water partition coefficient (Wildman–Crippen LogP) is 2.06. The number of carbonyl (C=O) groups excluding carboxylic acids is 1. The van der Waals surface area contributed by atoms with Crippen LogP contribution in [-0.4, -0.2) is 60.7 Å². The molecule has 0 radical (unpaired) electrons. The Labute approximate surface area is 144 Å². The van der Waals surface area contributed by atoms with Gasteiger partial charge in [0, 0.05) is 13.2 Å². The Morgan fingerprint density at radius 1 is 1.17 bits per heavy atom. The van der Waals surface area contributed by atoms with Crippen LogP contribution in [0.5, 0.6) is 5.75 Å². The second kappa shape index (κ2) is 7.99. The van der Waals surface area contributed by atoms with Crippen molar-refractivity contribution < 1.29 is 14.6 Å². The fourth-order valence-electron chi connectivity index (χ4n) is 3.85. The molecule has 132 valence electrons. The minimum atomic E-state index is 0.193. The highest BCUT2D eigenvalue weighted by atomic mass is 16.5. The Balaban J connectivity index is 1.59. The second-order valence-corrected chi connectivity index (χ2v) is 6.92. The molecule has 5 nitrogen and oxygen atoms in total. The van der Waals surface area contributed by atoms with Crippen molar-refractivity contribution in [2.24, 2.45) is 5.92 Å². The number of aliphatic hydroxyl groups excluding tert-OH is 1. The summed E-state index contributed by atoms with van der Waals surface area (Å²) >= 11 is 0. The number of carbonyl (C=O) groups is 1. The van der Waals surface area contributed by atoms with E-state index in [-0.39, 0.29) is 18.6 Å². The van der Waals surface area contributed by atoms with Crippen molar-refractivity contribution in [3.63, 3.8) is 0 Å². The summed E-state index contributed by atoms with van der Waals surface area (Å²) in [5.74, 6) is 1.49. The van der Waals surface area contributed by atoms with Crippen LogP contribution in [0.15, 0.2) is 24.3 Å². The summed E-state index contributed by atoms with van der Waals surface area (Å²) in [5.41, 5.74) is 1.20. The van der Waals surface area contributed by atoms with Gasteiger partial charge in [0.2, 0.25) is 5.91 Å². The van der Waals surface area contributed by atoms with Crippen LogP contribution in [0.1, 0.15) is 37.3 Å². The zero-order chi connectivity index (χ0) is 16.9. The quantitative estimate of drug-likeness (QED) is 0.897. The third-order valence-corrected chi connectivity index (χ3v) is 5.40. The first-order chi connectivity index (χ1) is 11.7. The molecule has 5 heteroatoms. The number of rotatable bonds is 5. The van der Waals surface area contributed by atoms with Gasteiger partial charge in [-0.15, -0.1) is 0 Å². The van der Waals surface area contributed by atoms with Gasteiger partial charge in [0.25, 0.3) is 0 Å². The molecular formula is C19H28N2O3. The van der Waals surface area contributed by atoms with Gasteiger partial charge >= 0.3 is 0 Å². The molecule has 2 fully saturated rings. The molecule has 0 aliphatic carbocycles. The number of amides is 1. The first-order valence-corrected chi connectivity index (χ1v) is 8.98. The molecule has 1 amide bonds. The van der Waals surface area contributed by atoms with E-state index >= 15 is 0 Å². The summed E-state index contributed by atoms with van der Waals surface area (Å²) in [7, 11) is 1.67. The Morgan fingerprint density at radius 3 is 2.50 bits per heavy atom. The first-order valence-electron chi connectivity index (χ1n) is 8.98. The molecule has 3 rings (SSSR count). The number of hydrogen-bond acceptors (Lipinski definition) is 4. The monoisotopic (exact) mass is 332 g/mol. The van der Waals surface area contributed by atoms with Gasteiger partial charge in [-0.05, 0) is 62.4 Å². The van der Waals surface area contributed by atoms with Crippen molar-refractivity contribution in [2.75, 3.05) is 39.9 Å². The summed E-state index contributed by atoms with van der Waals surface area (Å²) in [6.45, 7) is 3.46. The number of hydrogen-bond donors (Lipinski definition) is 1. The van der Waals surface area contributed by atoms with E-state index in [1.165, 1.54) is 5.56 Å². The molecule has 0 aromatic heterocycles. The molecule has 2 saturated heterocycles. The molecule has 0 spiro atoms. The van der Waals surface area contributed by atoms with Crippen LogP contribution in [0.4, 0.5) is 0 Å². The van der Waals surface area contributed by atoms with E-state index in [2.05, 4.69) is 17.0 Å². The number of piperidine rings is 1. The molecule has 1 aromatic carbocycles. The lowest BCUT2D eigenvalue weighted by Gasteiger charge is -2.33. The van der Waals surface area contributed by atoms with Crippen LogP contribution in [-0.2, 0) is 4.79 Å². The standard InChI is InChI=1S/C19H28N2O3/c1-24-17-6-4-16(5-7-17)18-3-2-10-21(18)19(23)13-20-11-8-15(14-22)9-12-20/h4-7,15,18,22H,2-3,8-14H2,1H3. The number of aliphatic hydroxyl groups is 1. The van der Waals surface area contributed by atoms with Crippen molar-refractivity contribution in [3.8, 4) is 5.75 Å². The van der Waals surface area contributed by atoms with Crippen LogP contribution in [0.25, 0.3) is 0 Å². The number of nitrogens with zero attached hydrogens (tertiary/aromatic N) is 2. The van der Waals surface area contributed by atoms with Crippen molar-refractivity contribution in [1.82, 2.24) is 9.80 Å². The van der Waals surface area contributed by atoms with Crippen molar-refractivity contribution >= 4 is 5.91 Å². The molecule has 2 heterocycles. The minimum Gasteiger partial charge on any atom is -0.497 e. The predicted molar refractivity (Wildman–Crippen MR) is 92.9 cm³/mol. The highest BCUT2D eigenvalue weighted by Crippen LogP contribution is 2.33. The van der Waals surface area contributed by atoms with Gasteiger partial charge in [-0.25, -0.2) is 0 Å². The van der Waals surface area contributed by atoms with E-state index in [4.69, 9.17) is 4.74 Å². The largest absolute Gasteiger partial charge is 0.497 e. The van der Waals surface area contributed by atoms with Crippen LogP contribution in [0.2, 0.25) is 0 Å². The first kappa shape index (κ1) is 17.2. The molecule has 1 aromatic rings. The minimum absolute atomic E-state index is 0.193. The normalized spacial score (nSPS) is 22.8. The number of methoxy groups -OCH3 is 1. The summed E-state index contributed by atoms with van der Waals surface area (Å²) in [5, 5.41) is 9.23. The Bertz CT molecular complexity index is 538. The zero-order valence-electron chi connectivity index (χ0n) is 14.5. The van der Waals surface area contributed by atoms with Crippen LogP contribution >= 0.6 is 0 Å². The van der Waals surface area contributed by atoms with Gasteiger partial charge in [0.05, 0.1) is 19.7 Å². The van der Waals surface area contributed by atoms with Gasteiger partial charge in [-0.1, -0.05) is 12.1 Å². The topological polar surface area (TPSA) is 53.0 Å². The van der Waals surface area contributed by atoms with Crippen LogP contribution in [0.3, 0.4) is 0 Å². The lowest BCUT2D eigenvalue weighted by molar-refractivity contribution is -0.133. The smallest absolute Gasteiger partial charge is 0.237 e. The fourth-order valence-corrected chi connectivity index (χ4v) is 3.85. The number of likely N-dealkylation sites (tertiary alicyclic amines) is 2. The Morgan fingerprint density at radius 2 is 1.88 bits per heavy atom. The summed E-state index contributed by atoms with van der Waals surface area (Å²) < 4.78 is 5.22. The molecule has 1 unspecified atom stereocenters. The molecule has 1 atom stereocenters. The van der Waals surface area contributed by atoms with E-state index in [9.17, 15) is 9.90 Å². The van der Waals surface area contributed by atoms with Gasteiger partial charge < -0.3 is 14.7 Å². The average Bonchev–Trinajstić information content (AvgIpc) is 3.12. The third-order valence-electron chi connectivity index (χ3n) is 5.40. The van der Waals surface area contributed by atoms with Gasteiger partial charge in [-0.3, -0.25) is 9.69 Å². The van der Waals surface area contributed by atoms with Crippen molar-refractivity contribution in [1.29, 1.82) is 0 Å². The second-order valence-electron chi connectivity index (χ2n) is 6.92. The molecule has 0 saturated carbocycles. The van der Waals surface area contributed by atoms with E-state index < -0.39 is 0 Å². The maximum absolute atomic E-state index is 12.8. The lowest BCUT2D eigenvalue weighted by atomic mass is 9.98. The van der Waals surface area contributed by atoms with E-state index in [1.807, 2.05) is 17.0 Å². The van der Waals surface area contributed by atoms with Gasteiger partial charge in [0.1, 0.15) is 5.75 Å². The van der Waals surface area contributed by atoms with Gasteiger partial charge in [0.15, 0.2) is 0 Å². The Hall–Kier alpha value is -1.59.